The van der Waals surface area contributed by atoms with Crippen molar-refractivity contribution in [3.05, 3.63) is 29.3 Å². The lowest BCUT2D eigenvalue weighted by atomic mass is 10.1. The van der Waals surface area contributed by atoms with E-state index in [4.69, 9.17) is 20.4 Å². The third-order valence-electron chi connectivity index (χ3n) is 2.26. The van der Waals surface area contributed by atoms with Gasteiger partial charge in [-0.3, -0.25) is 0 Å². The molecule has 94 valence electrons. The first-order chi connectivity index (χ1) is 8.22. The summed E-state index contributed by atoms with van der Waals surface area (Å²) in [5.41, 5.74) is 7.10. The minimum Gasteiger partial charge on any atom is -0.496 e. The molecule has 5 nitrogen and oxygen atoms in total. The Morgan fingerprint density at radius 1 is 1.47 bits per heavy atom. The molecular formula is C12H18N2O3. The fourth-order valence-electron chi connectivity index (χ4n) is 1.43. The quantitative estimate of drug-likeness (QED) is 0.260. The molecule has 1 aromatic rings. The van der Waals surface area contributed by atoms with Crippen molar-refractivity contribution in [2.24, 2.45) is 10.9 Å². The zero-order valence-electron chi connectivity index (χ0n) is 10.1. The number of hydrogen-bond donors (Lipinski definition) is 2. The van der Waals surface area contributed by atoms with Gasteiger partial charge in [0.05, 0.1) is 19.3 Å². The van der Waals surface area contributed by atoms with Crippen molar-refractivity contribution in [1.29, 1.82) is 0 Å². The summed E-state index contributed by atoms with van der Waals surface area (Å²) in [5, 5.41) is 11.7. The molecule has 0 amide bonds. The van der Waals surface area contributed by atoms with Gasteiger partial charge >= 0.3 is 0 Å². The van der Waals surface area contributed by atoms with Gasteiger partial charge in [-0.25, -0.2) is 0 Å². The smallest absolute Gasteiger partial charge is 0.173 e. The van der Waals surface area contributed by atoms with E-state index in [1.807, 2.05) is 6.07 Å². The van der Waals surface area contributed by atoms with Crippen LogP contribution in [0.5, 0.6) is 5.75 Å². The van der Waals surface area contributed by atoms with Crippen LogP contribution in [0.1, 0.15) is 24.5 Å². The predicted octanol–water partition coefficient (Wildman–Crippen LogP) is 1.72. The molecule has 0 aliphatic rings. The zero-order chi connectivity index (χ0) is 12.7. The molecule has 1 rings (SSSR count). The van der Waals surface area contributed by atoms with E-state index < -0.39 is 0 Å². The molecule has 3 N–H and O–H groups in total. The Bertz CT molecular complexity index is 391. The summed E-state index contributed by atoms with van der Waals surface area (Å²) in [4.78, 5) is 0. The van der Waals surface area contributed by atoms with Crippen molar-refractivity contribution in [3.63, 3.8) is 0 Å². The number of ether oxygens (including phenoxy) is 2. The maximum Gasteiger partial charge on any atom is 0.173 e. The highest BCUT2D eigenvalue weighted by Crippen LogP contribution is 2.20. The lowest BCUT2D eigenvalue weighted by Crippen LogP contribution is -2.15. The zero-order valence-corrected chi connectivity index (χ0v) is 10.1. The van der Waals surface area contributed by atoms with Crippen LogP contribution in [0.3, 0.4) is 0 Å². The molecule has 17 heavy (non-hydrogen) atoms. The summed E-state index contributed by atoms with van der Waals surface area (Å²) < 4.78 is 10.6. The summed E-state index contributed by atoms with van der Waals surface area (Å²) in [6, 6.07) is 5.46. The van der Waals surface area contributed by atoms with Crippen molar-refractivity contribution >= 4 is 5.84 Å². The van der Waals surface area contributed by atoms with E-state index >= 15 is 0 Å². The van der Waals surface area contributed by atoms with Crippen LogP contribution in [-0.4, -0.2) is 24.8 Å². The first-order valence-corrected chi connectivity index (χ1v) is 5.45. The Labute approximate surface area is 101 Å². The summed E-state index contributed by atoms with van der Waals surface area (Å²) in [6.45, 7) is 3.27. The second-order valence-corrected chi connectivity index (χ2v) is 3.57. The molecule has 0 aromatic heterocycles. The first kappa shape index (κ1) is 13.3. The Hall–Kier alpha value is -1.75. The van der Waals surface area contributed by atoms with Gasteiger partial charge in [-0.2, -0.15) is 0 Å². The molecule has 5 heteroatoms. The minimum atomic E-state index is 0.0270. The molecule has 1 aromatic carbocycles. The molecule has 0 unspecified atom stereocenters. The maximum atomic E-state index is 8.69. The van der Waals surface area contributed by atoms with Gasteiger partial charge in [0, 0.05) is 6.61 Å². The van der Waals surface area contributed by atoms with E-state index in [0.29, 0.717) is 24.5 Å². The summed E-state index contributed by atoms with van der Waals surface area (Å²) >= 11 is 0. The van der Waals surface area contributed by atoms with Gasteiger partial charge in [-0.15, -0.1) is 0 Å². The fourth-order valence-corrected chi connectivity index (χ4v) is 1.43. The van der Waals surface area contributed by atoms with Gasteiger partial charge < -0.3 is 20.4 Å². The Balaban J connectivity index is 2.89. The maximum absolute atomic E-state index is 8.69. The summed E-state index contributed by atoms with van der Waals surface area (Å²) in [7, 11) is 1.54. The first-order valence-electron chi connectivity index (χ1n) is 5.45. The van der Waals surface area contributed by atoms with Crippen LogP contribution in [-0.2, 0) is 11.3 Å². The molecule has 0 atom stereocenters. The number of oxime groups is 1. The van der Waals surface area contributed by atoms with E-state index in [0.717, 1.165) is 12.0 Å². The standard InChI is InChI=1S/C12H18N2O3/c1-3-6-17-8-9-4-5-11(16-2)10(7-9)12(13)14-15/h4-5,7,15H,3,6,8H2,1-2H3,(H2,13,14). The molecule has 0 fully saturated rings. The monoisotopic (exact) mass is 238 g/mol. The van der Waals surface area contributed by atoms with Crippen LogP contribution in [0.15, 0.2) is 23.4 Å². The van der Waals surface area contributed by atoms with E-state index in [-0.39, 0.29) is 5.84 Å². The van der Waals surface area contributed by atoms with E-state index in [1.165, 1.54) is 7.11 Å². The average molecular weight is 238 g/mol. The van der Waals surface area contributed by atoms with Crippen molar-refractivity contribution in [2.45, 2.75) is 20.0 Å². The van der Waals surface area contributed by atoms with E-state index in [9.17, 15) is 0 Å². The van der Waals surface area contributed by atoms with Crippen molar-refractivity contribution in [3.8, 4) is 5.75 Å². The highest BCUT2D eigenvalue weighted by atomic mass is 16.5. The van der Waals surface area contributed by atoms with Gasteiger partial charge in [0.15, 0.2) is 5.84 Å². The Morgan fingerprint density at radius 3 is 2.82 bits per heavy atom. The number of nitrogens with zero attached hydrogens (tertiary/aromatic N) is 1. The molecule has 0 aliphatic heterocycles. The van der Waals surface area contributed by atoms with Crippen LogP contribution >= 0.6 is 0 Å². The normalized spacial score (nSPS) is 11.5. The molecule has 0 saturated heterocycles. The lowest BCUT2D eigenvalue weighted by molar-refractivity contribution is 0.121. The molecule has 0 bridgehead atoms. The van der Waals surface area contributed by atoms with Crippen LogP contribution in [0, 0.1) is 0 Å². The van der Waals surface area contributed by atoms with Crippen molar-refractivity contribution in [1.82, 2.24) is 0 Å². The van der Waals surface area contributed by atoms with Gasteiger partial charge in [-0.1, -0.05) is 18.1 Å². The topological polar surface area (TPSA) is 77.1 Å². The van der Waals surface area contributed by atoms with Gasteiger partial charge in [-0.05, 0) is 24.1 Å². The molecule has 0 radical (unpaired) electrons. The van der Waals surface area contributed by atoms with Crippen LogP contribution in [0.2, 0.25) is 0 Å². The fraction of sp³-hybridized carbons (Fsp3) is 0.417. The second-order valence-electron chi connectivity index (χ2n) is 3.57. The summed E-state index contributed by atoms with van der Waals surface area (Å²) in [5.74, 6) is 0.596. The third kappa shape index (κ3) is 3.64. The molecular weight excluding hydrogens is 220 g/mol. The Morgan fingerprint density at radius 2 is 2.24 bits per heavy atom. The van der Waals surface area contributed by atoms with E-state index in [2.05, 4.69) is 12.1 Å². The van der Waals surface area contributed by atoms with Gasteiger partial charge in [0.2, 0.25) is 0 Å². The van der Waals surface area contributed by atoms with Gasteiger partial charge in [0.1, 0.15) is 5.75 Å². The minimum absolute atomic E-state index is 0.0270. The number of amidine groups is 1. The van der Waals surface area contributed by atoms with Crippen LogP contribution in [0.4, 0.5) is 0 Å². The molecule has 0 spiro atoms. The Kier molecular flexibility index (Phi) is 5.29. The number of hydrogen-bond acceptors (Lipinski definition) is 4. The predicted molar refractivity (Wildman–Crippen MR) is 65.5 cm³/mol. The third-order valence-corrected chi connectivity index (χ3v) is 2.26. The summed E-state index contributed by atoms with van der Waals surface area (Å²) in [6.07, 6.45) is 0.975. The molecule has 0 heterocycles. The number of nitrogens with two attached hydrogens (primary N) is 1. The number of rotatable bonds is 6. The van der Waals surface area contributed by atoms with E-state index in [1.54, 1.807) is 12.1 Å². The highest BCUT2D eigenvalue weighted by Gasteiger charge is 2.08. The van der Waals surface area contributed by atoms with Crippen LogP contribution < -0.4 is 10.5 Å². The number of benzene rings is 1. The van der Waals surface area contributed by atoms with Gasteiger partial charge in [0.25, 0.3) is 0 Å². The van der Waals surface area contributed by atoms with Crippen molar-refractivity contribution in [2.75, 3.05) is 13.7 Å². The lowest BCUT2D eigenvalue weighted by Gasteiger charge is -2.09. The average Bonchev–Trinajstić information content (AvgIpc) is 2.38. The second kappa shape index (κ2) is 6.75. The highest BCUT2D eigenvalue weighted by molar-refractivity contribution is 5.99. The number of methoxy groups -OCH3 is 1. The van der Waals surface area contributed by atoms with Crippen molar-refractivity contribution < 1.29 is 14.7 Å². The molecule has 0 saturated carbocycles. The molecule has 0 aliphatic carbocycles. The largest absolute Gasteiger partial charge is 0.496 e. The van der Waals surface area contributed by atoms with Crippen LogP contribution in [0.25, 0.3) is 0 Å². The SMILES string of the molecule is CCCOCc1ccc(OC)c(C(N)=NO)c1.